The second-order valence-corrected chi connectivity index (χ2v) is 9.00. The Kier molecular flexibility index (Phi) is 8.51. The van der Waals surface area contributed by atoms with Gasteiger partial charge >= 0.3 is 12.6 Å². The van der Waals surface area contributed by atoms with Gasteiger partial charge in [0.2, 0.25) is 11.8 Å². The predicted octanol–water partition coefficient (Wildman–Crippen LogP) is 3.86. The third-order valence-corrected chi connectivity index (χ3v) is 6.40. The molecule has 200 valence electrons. The van der Waals surface area contributed by atoms with E-state index in [1.54, 1.807) is 10.5 Å². The summed E-state index contributed by atoms with van der Waals surface area (Å²) in [5.41, 5.74) is 1.38. The third-order valence-electron chi connectivity index (χ3n) is 5.55. The smallest absolute Gasteiger partial charge is 0.388 e. The average molecular weight is 551 g/mol. The van der Waals surface area contributed by atoms with Gasteiger partial charge < -0.3 is 15.0 Å². The number of anilines is 2. The molecule has 3 heterocycles. The zero-order valence-corrected chi connectivity index (χ0v) is 20.7. The largest absolute Gasteiger partial charge is 0.417 e. The summed E-state index contributed by atoms with van der Waals surface area (Å²) >= 11 is 0.990. The van der Waals surface area contributed by atoms with E-state index in [0.29, 0.717) is 18.4 Å². The summed E-state index contributed by atoms with van der Waals surface area (Å²) in [5.74, 6) is -1.94. The Bertz CT molecular complexity index is 1280. The number of rotatable bonds is 9. The number of fused-ring (bicyclic) bond motifs is 1. The fourth-order valence-electron chi connectivity index (χ4n) is 3.81. The van der Waals surface area contributed by atoms with Crippen molar-refractivity contribution in [2.75, 3.05) is 22.8 Å². The number of amides is 3. The van der Waals surface area contributed by atoms with Crippen LogP contribution in [0.25, 0.3) is 0 Å². The lowest BCUT2D eigenvalue weighted by Gasteiger charge is -2.25. The van der Waals surface area contributed by atoms with Gasteiger partial charge in [0.25, 0.3) is 0 Å². The van der Waals surface area contributed by atoms with E-state index in [9.17, 15) is 27.2 Å². The maximum Gasteiger partial charge on any atom is 0.388 e. The molecule has 3 aromatic rings. The Morgan fingerprint density at radius 1 is 1.16 bits per heavy atom. The van der Waals surface area contributed by atoms with Crippen LogP contribution < -0.4 is 24.0 Å². The number of likely N-dealkylation sites (N-methyl/N-ethyl adjacent to an activating group) is 1. The minimum atomic E-state index is -3.06. The first kappa shape index (κ1) is 27.0. The number of nitrogens with one attached hydrogen (secondary N) is 2. The summed E-state index contributed by atoms with van der Waals surface area (Å²) in [5, 5.41) is 2.54. The number of carbonyl (C=O) groups excluding carboxylic acids is 2. The minimum Gasteiger partial charge on any atom is -0.417 e. The van der Waals surface area contributed by atoms with Crippen LogP contribution in [0.1, 0.15) is 11.1 Å². The highest BCUT2D eigenvalue weighted by Crippen LogP contribution is 2.29. The Labute approximate surface area is 219 Å². The van der Waals surface area contributed by atoms with Gasteiger partial charge in [0.1, 0.15) is 23.5 Å². The molecule has 14 heteroatoms. The number of benzene rings is 1. The number of ether oxygens (including phenoxy) is 1. The molecule has 0 bridgehead atoms. The van der Waals surface area contributed by atoms with E-state index in [4.69, 9.17) is 0 Å². The van der Waals surface area contributed by atoms with Crippen LogP contribution in [0.5, 0.6) is 5.88 Å². The molecular weight excluding hydrogens is 528 g/mol. The van der Waals surface area contributed by atoms with Gasteiger partial charge in [0.15, 0.2) is 0 Å². The molecule has 3 amide bonds. The summed E-state index contributed by atoms with van der Waals surface area (Å²) in [6, 6.07) is 7.09. The zero-order valence-electron chi connectivity index (χ0n) is 19.9. The van der Waals surface area contributed by atoms with Crippen LogP contribution >= 0.6 is 12.1 Å². The van der Waals surface area contributed by atoms with Crippen molar-refractivity contribution >= 4 is 35.6 Å². The SMILES string of the molecule is CN(C(=O)C(Cc1cc(F)cc(F)c1)NC(=O)NSN1CCc2cccnc21)c1ccc(OC(F)F)nc1. The molecule has 0 fully saturated rings. The lowest BCUT2D eigenvalue weighted by atomic mass is 10.0. The molecule has 0 saturated carbocycles. The number of carbonyl (C=O) groups is 2. The van der Waals surface area contributed by atoms with Crippen molar-refractivity contribution < 1.29 is 31.9 Å². The molecule has 4 rings (SSSR count). The molecule has 0 saturated heterocycles. The van der Waals surface area contributed by atoms with Crippen molar-refractivity contribution in [2.24, 2.45) is 0 Å². The maximum atomic E-state index is 13.8. The Morgan fingerprint density at radius 2 is 1.92 bits per heavy atom. The fourth-order valence-corrected chi connectivity index (χ4v) is 4.49. The van der Waals surface area contributed by atoms with Crippen molar-refractivity contribution in [1.82, 2.24) is 20.0 Å². The van der Waals surface area contributed by atoms with Crippen molar-refractivity contribution in [3.8, 4) is 5.88 Å². The zero-order chi connectivity index (χ0) is 27.2. The summed E-state index contributed by atoms with van der Waals surface area (Å²) in [7, 11) is 1.38. The number of halogens is 4. The van der Waals surface area contributed by atoms with Crippen molar-refractivity contribution in [3.05, 3.63) is 77.6 Å². The van der Waals surface area contributed by atoms with Gasteiger partial charge in [-0.2, -0.15) is 8.78 Å². The van der Waals surface area contributed by atoms with Gasteiger partial charge in [0.05, 0.1) is 24.0 Å². The number of nitrogens with zero attached hydrogens (tertiary/aromatic N) is 4. The second-order valence-electron chi connectivity index (χ2n) is 8.17. The van der Waals surface area contributed by atoms with Crippen LogP contribution in [0.2, 0.25) is 0 Å². The van der Waals surface area contributed by atoms with Crippen molar-refractivity contribution in [3.63, 3.8) is 0 Å². The van der Waals surface area contributed by atoms with E-state index in [1.807, 2.05) is 12.1 Å². The quantitative estimate of drug-likeness (QED) is 0.308. The number of alkyl halides is 2. The molecule has 1 aromatic carbocycles. The monoisotopic (exact) mass is 550 g/mol. The number of hydrogen-bond donors (Lipinski definition) is 2. The third kappa shape index (κ3) is 6.82. The number of hydrogen-bond acceptors (Lipinski definition) is 7. The van der Waals surface area contributed by atoms with Gasteiger partial charge in [-0.3, -0.25) is 13.8 Å². The van der Waals surface area contributed by atoms with E-state index in [0.717, 1.165) is 53.4 Å². The molecule has 2 N–H and O–H groups in total. The van der Waals surface area contributed by atoms with Gasteiger partial charge in [-0.05, 0) is 41.8 Å². The molecule has 0 radical (unpaired) electrons. The van der Waals surface area contributed by atoms with Gasteiger partial charge in [0, 0.05) is 38.3 Å². The topological polar surface area (TPSA) is 99.7 Å². The van der Waals surface area contributed by atoms with E-state index in [-0.39, 0.29) is 23.6 Å². The Hall–Kier alpha value is -4.07. The fraction of sp³-hybridized carbons (Fsp3) is 0.250. The van der Waals surface area contributed by atoms with Crippen LogP contribution in [0, 0.1) is 11.6 Å². The molecule has 0 aliphatic carbocycles. The molecule has 1 atom stereocenters. The molecule has 1 aliphatic heterocycles. The molecule has 2 aromatic heterocycles. The molecule has 1 unspecified atom stereocenters. The number of pyridine rings is 2. The first-order chi connectivity index (χ1) is 18.2. The van der Waals surface area contributed by atoms with Crippen LogP contribution in [-0.4, -0.2) is 48.2 Å². The van der Waals surface area contributed by atoms with Crippen LogP contribution in [0.3, 0.4) is 0 Å². The van der Waals surface area contributed by atoms with E-state index in [1.165, 1.54) is 13.1 Å². The van der Waals surface area contributed by atoms with Gasteiger partial charge in [-0.25, -0.2) is 23.5 Å². The van der Waals surface area contributed by atoms with Gasteiger partial charge in [-0.15, -0.1) is 0 Å². The standard InChI is InChI=1S/C24H22F4N6O3S/c1-33(18-4-5-20(30-13-18)37-23(27)28)22(35)19(11-14-9-16(25)12-17(26)10-14)31-24(36)32-38-34-8-6-15-3-2-7-29-21(15)34/h2-5,7,9-10,12-13,19,23H,6,8,11H2,1H3,(H2,31,32,36). The molecule has 1 aliphatic rings. The molecule has 0 spiro atoms. The van der Waals surface area contributed by atoms with Crippen molar-refractivity contribution in [2.45, 2.75) is 25.5 Å². The maximum absolute atomic E-state index is 13.8. The summed E-state index contributed by atoms with van der Waals surface area (Å²) in [6.07, 6.45) is 3.31. The Balaban J connectivity index is 1.47. The second kappa shape index (κ2) is 12.0. The first-order valence-electron chi connectivity index (χ1n) is 11.3. The highest BCUT2D eigenvalue weighted by Gasteiger charge is 2.27. The van der Waals surface area contributed by atoms with E-state index < -0.39 is 36.2 Å². The minimum absolute atomic E-state index is 0.138. The van der Waals surface area contributed by atoms with E-state index in [2.05, 4.69) is 24.7 Å². The normalized spacial score (nSPS) is 13.2. The summed E-state index contributed by atoms with van der Waals surface area (Å²) in [4.78, 5) is 35.2. The van der Waals surface area contributed by atoms with Crippen LogP contribution in [-0.2, 0) is 17.6 Å². The van der Waals surface area contributed by atoms with Crippen LogP contribution in [0.4, 0.5) is 33.9 Å². The molecule has 9 nitrogen and oxygen atoms in total. The summed E-state index contributed by atoms with van der Waals surface area (Å²) in [6.45, 7) is -2.45. The average Bonchev–Trinajstić information content (AvgIpc) is 3.29. The van der Waals surface area contributed by atoms with Crippen LogP contribution in [0.15, 0.2) is 54.9 Å². The molecule has 38 heavy (non-hydrogen) atoms. The lowest BCUT2D eigenvalue weighted by Crippen LogP contribution is -2.51. The number of urea groups is 1. The first-order valence-corrected chi connectivity index (χ1v) is 12.0. The lowest BCUT2D eigenvalue weighted by molar-refractivity contribution is -0.120. The highest BCUT2D eigenvalue weighted by atomic mass is 32.2. The van der Waals surface area contributed by atoms with Crippen molar-refractivity contribution in [1.29, 1.82) is 0 Å². The highest BCUT2D eigenvalue weighted by molar-refractivity contribution is 7.99. The summed E-state index contributed by atoms with van der Waals surface area (Å²) < 4.78 is 61.0. The molecular formula is C24H22F4N6O3S. The van der Waals surface area contributed by atoms with E-state index >= 15 is 0 Å². The number of aromatic nitrogens is 2. The Morgan fingerprint density at radius 3 is 2.61 bits per heavy atom. The van der Waals surface area contributed by atoms with Gasteiger partial charge in [-0.1, -0.05) is 6.07 Å². The predicted molar refractivity (Wildman–Crippen MR) is 133 cm³/mol.